The van der Waals surface area contributed by atoms with Gasteiger partial charge in [-0.2, -0.15) is 4.98 Å². The van der Waals surface area contributed by atoms with Crippen molar-refractivity contribution in [2.75, 3.05) is 18.1 Å². The van der Waals surface area contributed by atoms with Crippen LogP contribution >= 0.6 is 0 Å². The highest BCUT2D eigenvalue weighted by Gasteiger charge is 2.24. The SMILES string of the molecule is CC(C)Oc1ccnc(N2CCCCC2CO)n1. The molecule has 0 saturated carbocycles. The predicted octanol–water partition coefficient (Wildman–Crippen LogP) is 1.61. The Morgan fingerprint density at radius 3 is 3.06 bits per heavy atom. The van der Waals surface area contributed by atoms with Gasteiger partial charge in [0.15, 0.2) is 0 Å². The summed E-state index contributed by atoms with van der Waals surface area (Å²) in [4.78, 5) is 10.8. The van der Waals surface area contributed by atoms with Crippen LogP contribution in [0.1, 0.15) is 33.1 Å². The maximum atomic E-state index is 9.41. The molecule has 0 spiro atoms. The quantitative estimate of drug-likeness (QED) is 0.881. The summed E-state index contributed by atoms with van der Waals surface area (Å²) >= 11 is 0. The maximum Gasteiger partial charge on any atom is 0.228 e. The summed E-state index contributed by atoms with van der Waals surface area (Å²) < 4.78 is 5.57. The molecule has 1 unspecified atom stereocenters. The van der Waals surface area contributed by atoms with Gasteiger partial charge >= 0.3 is 0 Å². The van der Waals surface area contributed by atoms with E-state index in [2.05, 4.69) is 14.9 Å². The Morgan fingerprint density at radius 2 is 2.33 bits per heavy atom. The van der Waals surface area contributed by atoms with Crippen LogP contribution in [-0.4, -0.2) is 40.4 Å². The molecular weight excluding hydrogens is 230 g/mol. The molecule has 0 radical (unpaired) electrons. The molecule has 2 heterocycles. The van der Waals surface area contributed by atoms with E-state index in [-0.39, 0.29) is 18.8 Å². The molecule has 1 saturated heterocycles. The number of hydrogen-bond donors (Lipinski definition) is 1. The van der Waals surface area contributed by atoms with Crippen LogP contribution in [0.5, 0.6) is 5.88 Å². The van der Waals surface area contributed by atoms with E-state index in [4.69, 9.17) is 4.74 Å². The molecule has 0 amide bonds. The summed E-state index contributed by atoms with van der Waals surface area (Å²) in [7, 11) is 0. The lowest BCUT2D eigenvalue weighted by molar-refractivity contribution is 0.228. The molecule has 1 aliphatic rings. The molecule has 18 heavy (non-hydrogen) atoms. The van der Waals surface area contributed by atoms with E-state index in [9.17, 15) is 5.11 Å². The molecule has 0 bridgehead atoms. The first kappa shape index (κ1) is 13.1. The summed E-state index contributed by atoms with van der Waals surface area (Å²) in [6.07, 6.45) is 5.08. The van der Waals surface area contributed by atoms with Gasteiger partial charge in [-0.05, 0) is 33.1 Å². The Balaban J connectivity index is 2.15. The minimum atomic E-state index is 0.0998. The van der Waals surface area contributed by atoms with E-state index < -0.39 is 0 Å². The summed E-state index contributed by atoms with van der Waals surface area (Å²) in [5.41, 5.74) is 0. The van der Waals surface area contributed by atoms with Crippen LogP contribution in [0.2, 0.25) is 0 Å². The van der Waals surface area contributed by atoms with E-state index in [0.29, 0.717) is 11.8 Å². The Kier molecular flexibility index (Phi) is 4.36. The van der Waals surface area contributed by atoms with Crippen molar-refractivity contribution in [1.82, 2.24) is 9.97 Å². The smallest absolute Gasteiger partial charge is 0.228 e. The second-order valence-corrected chi connectivity index (χ2v) is 4.89. The number of nitrogens with zero attached hydrogens (tertiary/aromatic N) is 3. The zero-order chi connectivity index (χ0) is 13.0. The average Bonchev–Trinajstić information content (AvgIpc) is 2.38. The first-order valence-electron chi connectivity index (χ1n) is 6.58. The van der Waals surface area contributed by atoms with Crippen molar-refractivity contribution in [2.45, 2.75) is 45.3 Å². The van der Waals surface area contributed by atoms with Crippen molar-refractivity contribution in [1.29, 1.82) is 0 Å². The molecule has 5 heteroatoms. The van der Waals surface area contributed by atoms with Gasteiger partial charge in [-0.1, -0.05) is 0 Å². The standard InChI is InChI=1S/C13H21N3O2/c1-10(2)18-12-6-7-14-13(15-12)16-8-4-3-5-11(16)9-17/h6-7,10-11,17H,3-5,8-9H2,1-2H3. The number of aliphatic hydroxyl groups excluding tert-OH is 1. The van der Waals surface area contributed by atoms with E-state index in [1.54, 1.807) is 12.3 Å². The highest BCUT2D eigenvalue weighted by Crippen LogP contribution is 2.22. The van der Waals surface area contributed by atoms with Gasteiger partial charge < -0.3 is 14.7 Å². The number of rotatable bonds is 4. The second kappa shape index (κ2) is 6.00. The third-order valence-electron chi connectivity index (χ3n) is 3.07. The van der Waals surface area contributed by atoms with Crippen molar-refractivity contribution in [3.05, 3.63) is 12.3 Å². The fourth-order valence-corrected chi connectivity index (χ4v) is 2.23. The number of hydrogen-bond acceptors (Lipinski definition) is 5. The van der Waals surface area contributed by atoms with Crippen LogP contribution in [0.3, 0.4) is 0 Å². The molecule has 1 aliphatic heterocycles. The monoisotopic (exact) mass is 251 g/mol. The number of piperidine rings is 1. The van der Waals surface area contributed by atoms with Gasteiger partial charge in [-0.3, -0.25) is 0 Å². The van der Waals surface area contributed by atoms with Gasteiger partial charge in [-0.15, -0.1) is 0 Å². The third-order valence-corrected chi connectivity index (χ3v) is 3.07. The van der Waals surface area contributed by atoms with Crippen LogP contribution in [0.25, 0.3) is 0 Å². The molecule has 1 aromatic rings. The molecule has 1 aromatic heterocycles. The van der Waals surface area contributed by atoms with Gasteiger partial charge in [0.2, 0.25) is 11.8 Å². The highest BCUT2D eigenvalue weighted by molar-refractivity contribution is 5.34. The van der Waals surface area contributed by atoms with Crippen molar-refractivity contribution in [3.8, 4) is 5.88 Å². The molecule has 5 nitrogen and oxygen atoms in total. The minimum Gasteiger partial charge on any atom is -0.475 e. The zero-order valence-corrected chi connectivity index (χ0v) is 11.0. The lowest BCUT2D eigenvalue weighted by Gasteiger charge is -2.34. The molecule has 100 valence electrons. The van der Waals surface area contributed by atoms with E-state index in [1.807, 2.05) is 13.8 Å². The molecule has 2 rings (SSSR count). The highest BCUT2D eigenvalue weighted by atomic mass is 16.5. The lowest BCUT2D eigenvalue weighted by Crippen LogP contribution is -2.42. The Hall–Kier alpha value is -1.36. The predicted molar refractivity (Wildman–Crippen MR) is 69.9 cm³/mol. The summed E-state index contributed by atoms with van der Waals surface area (Å²) in [6.45, 7) is 4.99. The first-order valence-corrected chi connectivity index (χ1v) is 6.58. The molecule has 0 aromatic carbocycles. The zero-order valence-electron chi connectivity index (χ0n) is 11.0. The molecular formula is C13H21N3O2. The van der Waals surface area contributed by atoms with Gasteiger partial charge in [0.25, 0.3) is 0 Å². The number of aromatic nitrogens is 2. The largest absolute Gasteiger partial charge is 0.475 e. The van der Waals surface area contributed by atoms with Crippen molar-refractivity contribution < 1.29 is 9.84 Å². The van der Waals surface area contributed by atoms with Gasteiger partial charge in [-0.25, -0.2) is 4.98 Å². The van der Waals surface area contributed by atoms with E-state index in [0.717, 1.165) is 25.8 Å². The number of anilines is 1. The number of aliphatic hydroxyl groups is 1. The Bertz CT molecular complexity index is 384. The van der Waals surface area contributed by atoms with E-state index in [1.165, 1.54) is 0 Å². The van der Waals surface area contributed by atoms with Gasteiger partial charge in [0, 0.05) is 18.8 Å². The van der Waals surface area contributed by atoms with Crippen molar-refractivity contribution in [2.24, 2.45) is 0 Å². The van der Waals surface area contributed by atoms with Crippen molar-refractivity contribution >= 4 is 5.95 Å². The van der Waals surface area contributed by atoms with Gasteiger partial charge in [0.05, 0.1) is 18.8 Å². The molecule has 1 fully saturated rings. The summed E-state index contributed by atoms with van der Waals surface area (Å²) in [5.74, 6) is 1.25. The van der Waals surface area contributed by atoms with Crippen LogP contribution in [0, 0.1) is 0 Å². The summed E-state index contributed by atoms with van der Waals surface area (Å²) in [6, 6.07) is 1.90. The lowest BCUT2D eigenvalue weighted by atomic mass is 10.0. The topological polar surface area (TPSA) is 58.5 Å². The van der Waals surface area contributed by atoms with Crippen LogP contribution in [0.15, 0.2) is 12.3 Å². The Morgan fingerprint density at radius 1 is 1.50 bits per heavy atom. The third kappa shape index (κ3) is 3.10. The number of ether oxygens (including phenoxy) is 1. The van der Waals surface area contributed by atoms with Crippen LogP contribution < -0.4 is 9.64 Å². The fraction of sp³-hybridized carbons (Fsp3) is 0.692. The molecule has 1 N–H and O–H groups in total. The first-order chi connectivity index (χ1) is 8.70. The Labute approximate surface area is 108 Å². The van der Waals surface area contributed by atoms with Crippen LogP contribution in [0.4, 0.5) is 5.95 Å². The van der Waals surface area contributed by atoms with Crippen molar-refractivity contribution in [3.63, 3.8) is 0 Å². The maximum absolute atomic E-state index is 9.41. The van der Waals surface area contributed by atoms with Gasteiger partial charge in [0.1, 0.15) is 0 Å². The molecule has 0 aliphatic carbocycles. The average molecular weight is 251 g/mol. The van der Waals surface area contributed by atoms with Crippen LogP contribution in [-0.2, 0) is 0 Å². The normalized spacial score (nSPS) is 20.2. The fourth-order valence-electron chi connectivity index (χ4n) is 2.23. The second-order valence-electron chi connectivity index (χ2n) is 4.89. The summed E-state index contributed by atoms with van der Waals surface area (Å²) in [5, 5.41) is 9.41. The molecule has 1 atom stereocenters. The minimum absolute atomic E-state index is 0.0998. The van der Waals surface area contributed by atoms with E-state index >= 15 is 0 Å².